The Balaban J connectivity index is 1.42. The molecule has 0 aliphatic carbocycles. The van der Waals surface area contributed by atoms with Crippen LogP contribution in [0.5, 0.6) is 0 Å². The number of hydrogen-bond acceptors (Lipinski definition) is 5. The zero-order valence-corrected chi connectivity index (χ0v) is 16.8. The van der Waals surface area contributed by atoms with Gasteiger partial charge in [0.05, 0.1) is 12.1 Å². The summed E-state index contributed by atoms with van der Waals surface area (Å²) in [5, 5.41) is 0. The van der Waals surface area contributed by atoms with E-state index < -0.39 is 5.60 Å². The molecule has 2 unspecified atom stereocenters. The maximum atomic E-state index is 12.4. The minimum absolute atomic E-state index is 0.219. The van der Waals surface area contributed by atoms with E-state index in [-0.39, 0.29) is 18.2 Å². The Kier molecular flexibility index (Phi) is 4.96. The highest BCUT2D eigenvalue weighted by molar-refractivity contribution is 5.69. The Morgan fingerprint density at radius 2 is 1.64 bits per heavy atom. The summed E-state index contributed by atoms with van der Waals surface area (Å²) >= 11 is 0. The third-order valence-electron chi connectivity index (χ3n) is 5.31. The Bertz CT molecular complexity index is 803. The fourth-order valence-electron chi connectivity index (χ4n) is 4.11. The van der Waals surface area contributed by atoms with Gasteiger partial charge in [0.2, 0.25) is 5.95 Å². The van der Waals surface area contributed by atoms with Gasteiger partial charge in [-0.15, -0.1) is 0 Å². The molecule has 2 aromatic rings. The van der Waals surface area contributed by atoms with E-state index in [9.17, 15) is 4.79 Å². The number of nitrogens with zero attached hydrogens (tertiary/aromatic N) is 4. The number of hydrogen-bond donors (Lipinski definition) is 0. The van der Waals surface area contributed by atoms with Crippen LogP contribution in [0, 0.1) is 0 Å². The Morgan fingerprint density at radius 3 is 2.21 bits per heavy atom. The molecule has 2 saturated heterocycles. The van der Waals surface area contributed by atoms with Gasteiger partial charge < -0.3 is 14.5 Å². The zero-order valence-electron chi connectivity index (χ0n) is 16.8. The van der Waals surface area contributed by atoms with Gasteiger partial charge in [0, 0.05) is 31.9 Å². The highest BCUT2D eigenvalue weighted by Crippen LogP contribution is 2.33. The fraction of sp³-hybridized carbons (Fsp3) is 0.500. The molecule has 2 bridgehead atoms. The lowest BCUT2D eigenvalue weighted by Crippen LogP contribution is -2.56. The van der Waals surface area contributed by atoms with Gasteiger partial charge >= 0.3 is 6.09 Å². The van der Waals surface area contributed by atoms with Crippen LogP contribution in [0.3, 0.4) is 0 Å². The number of rotatable bonds is 3. The summed E-state index contributed by atoms with van der Waals surface area (Å²) in [6.07, 6.45) is 6.57. The van der Waals surface area contributed by atoms with Crippen LogP contribution in [0.4, 0.5) is 10.7 Å². The molecule has 148 valence electrons. The monoisotopic (exact) mass is 380 g/mol. The zero-order chi connectivity index (χ0) is 19.7. The lowest BCUT2D eigenvalue weighted by molar-refractivity contribution is 0.0209. The Morgan fingerprint density at radius 1 is 1.04 bits per heavy atom. The molecule has 1 aromatic carbocycles. The first-order valence-corrected chi connectivity index (χ1v) is 10.0. The van der Waals surface area contributed by atoms with Crippen molar-refractivity contribution in [2.24, 2.45) is 0 Å². The molecule has 6 heteroatoms. The number of amides is 1. The van der Waals surface area contributed by atoms with Gasteiger partial charge in [-0.2, -0.15) is 0 Å². The number of ether oxygens (including phenoxy) is 1. The van der Waals surface area contributed by atoms with Crippen LogP contribution in [-0.2, 0) is 11.2 Å². The smallest absolute Gasteiger partial charge is 0.410 e. The molecule has 28 heavy (non-hydrogen) atoms. The lowest BCUT2D eigenvalue weighted by Gasteiger charge is -2.41. The normalized spacial score (nSPS) is 21.7. The van der Waals surface area contributed by atoms with Crippen molar-refractivity contribution in [3.63, 3.8) is 0 Å². The average Bonchev–Trinajstić information content (AvgIpc) is 2.91. The number of fused-ring (bicyclic) bond motifs is 2. The molecule has 3 heterocycles. The van der Waals surface area contributed by atoms with Crippen molar-refractivity contribution in [1.29, 1.82) is 0 Å². The minimum atomic E-state index is -0.467. The molecule has 0 spiro atoms. The van der Waals surface area contributed by atoms with Crippen molar-refractivity contribution < 1.29 is 9.53 Å². The average molecular weight is 380 g/mol. The van der Waals surface area contributed by atoms with Gasteiger partial charge in [-0.1, -0.05) is 30.3 Å². The summed E-state index contributed by atoms with van der Waals surface area (Å²) in [6, 6.07) is 10.9. The van der Waals surface area contributed by atoms with Crippen LogP contribution in [0.15, 0.2) is 42.7 Å². The summed E-state index contributed by atoms with van der Waals surface area (Å²) < 4.78 is 5.55. The Hall–Kier alpha value is -2.63. The summed E-state index contributed by atoms with van der Waals surface area (Å²) in [5.74, 6) is 0.771. The summed E-state index contributed by atoms with van der Waals surface area (Å²) in [6.45, 7) is 7.04. The van der Waals surface area contributed by atoms with Gasteiger partial charge in [-0.3, -0.25) is 0 Å². The predicted octanol–water partition coefficient (Wildman–Crippen LogP) is 3.66. The van der Waals surface area contributed by atoms with Crippen LogP contribution in [0.2, 0.25) is 0 Å². The minimum Gasteiger partial charge on any atom is -0.444 e. The number of aromatic nitrogens is 2. The van der Waals surface area contributed by atoms with E-state index in [1.165, 1.54) is 5.56 Å². The van der Waals surface area contributed by atoms with E-state index in [1.54, 1.807) is 0 Å². The van der Waals surface area contributed by atoms with Gasteiger partial charge in [0.1, 0.15) is 5.60 Å². The van der Waals surface area contributed by atoms with E-state index >= 15 is 0 Å². The van der Waals surface area contributed by atoms with Crippen LogP contribution in [0.25, 0.3) is 0 Å². The SMILES string of the molecule is CC(C)(C)OC(=O)N1CC2CCC(C1)N2c1ncc(Cc2ccccc2)cn1. The third kappa shape index (κ3) is 4.11. The number of benzene rings is 1. The maximum Gasteiger partial charge on any atom is 0.410 e. The van der Waals surface area contributed by atoms with Gasteiger partial charge in [-0.05, 0) is 44.7 Å². The van der Waals surface area contributed by atoms with Crippen molar-refractivity contribution in [2.75, 3.05) is 18.0 Å². The van der Waals surface area contributed by atoms with Crippen molar-refractivity contribution in [3.8, 4) is 0 Å². The van der Waals surface area contributed by atoms with Crippen molar-refractivity contribution >= 4 is 12.0 Å². The first-order valence-electron chi connectivity index (χ1n) is 10.0. The third-order valence-corrected chi connectivity index (χ3v) is 5.31. The highest BCUT2D eigenvalue weighted by atomic mass is 16.6. The van der Waals surface area contributed by atoms with Crippen molar-refractivity contribution in [2.45, 2.75) is 57.7 Å². The molecule has 2 atom stereocenters. The van der Waals surface area contributed by atoms with Crippen LogP contribution >= 0.6 is 0 Å². The molecular weight excluding hydrogens is 352 g/mol. The molecule has 0 N–H and O–H groups in total. The van der Waals surface area contributed by atoms with Crippen LogP contribution in [0.1, 0.15) is 44.7 Å². The standard InChI is InChI=1S/C22H28N4O2/c1-22(2,3)28-21(27)25-14-18-9-10-19(15-25)26(18)20-23-12-17(13-24-20)11-16-7-5-4-6-8-16/h4-8,12-13,18-19H,9-11,14-15H2,1-3H3. The molecule has 4 rings (SSSR count). The second kappa shape index (κ2) is 7.41. The second-order valence-corrected chi connectivity index (χ2v) is 8.73. The number of piperazine rings is 1. The first kappa shape index (κ1) is 18.7. The highest BCUT2D eigenvalue weighted by Gasteiger charge is 2.43. The molecule has 0 radical (unpaired) electrons. The van der Waals surface area contributed by atoms with Crippen molar-refractivity contribution in [3.05, 3.63) is 53.9 Å². The molecule has 2 aliphatic rings. The van der Waals surface area contributed by atoms with Gasteiger partial charge in [-0.25, -0.2) is 14.8 Å². The lowest BCUT2D eigenvalue weighted by atomic mass is 10.1. The molecule has 2 fully saturated rings. The van der Waals surface area contributed by atoms with E-state index in [4.69, 9.17) is 4.74 Å². The Labute approximate surface area is 166 Å². The number of carbonyl (C=O) groups excluding carboxylic acids is 1. The number of anilines is 1. The number of carbonyl (C=O) groups is 1. The second-order valence-electron chi connectivity index (χ2n) is 8.73. The summed E-state index contributed by atoms with van der Waals surface area (Å²) in [7, 11) is 0. The van der Waals surface area contributed by atoms with E-state index in [2.05, 4.69) is 27.0 Å². The van der Waals surface area contributed by atoms with Gasteiger partial charge in [0.15, 0.2) is 0 Å². The summed E-state index contributed by atoms with van der Waals surface area (Å²) in [4.78, 5) is 25.9. The van der Waals surface area contributed by atoms with Gasteiger partial charge in [0.25, 0.3) is 0 Å². The molecule has 1 amide bonds. The molecular formula is C22H28N4O2. The molecule has 0 saturated carbocycles. The molecule has 1 aromatic heterocycles. The van der Waals surface area contributed by atoms with Crippen LogP contribution < -0.4 is 4.90 Å². The maximum absolute atomic E-state index is 12.4. The van der Waals surface area contributed by atoms with Crippen molar-refractivity contribution in [1.82, 2.24) is 14.9 Å². The largest absolute Gasteiger partial charge is 0.444 e. The van der Waals surface area contributed by atoms with Crippen LogP contribution in [-0.4, -0.2) is 51.7 Å². The van der Waals surface area contributed by atoms with E-state index in [0.29, 0.717) is 13.1 Å². The quantitative estimate of drug-likeness (QED) is 0.813. The molecule has 6 nitrogen and oxygen atoms in total. The number of likely N-dealkylation sites (tertiary alicyclic amines) is 1. The topological polar surface area (TPSA) is 58.6 Å². The molecule has 2 aliphatic heterocycles. The fourth-order valence-corrected chi connectivity index (χ4v) is 4.11. The summed E-state index contributed by atoms with van der Waals surface area (Å²) in [5.41, 5.74) is 1.89. The van der Waals surface area contributed by atoms with E-state index in [0.717, 1.165) is 30.8 Å². The predicted molar refractivity (Wildman–Crippen MR) is 108 cm³/mol. The van der Waals surface area contributed by atoms with E-state index in [1.807, 2.05) is 56.3 Å². The first-order chi connectivity index (χ1) is 13.4.